The van der Waals surface area contributed by atoms with Crippen LogP contribution < -0.4 is 16.4 Å². The first-order valence-corrected chi connectivity index (χ1v) is 9.86. The third-order valence-corrected chi connectivity index (χ3v) is 4.68. The van der Waals surface area contributed by atoms with E-state index in [0.717, 1.165) is 17.3 Å². The number of hydrogen-bond acceptors (Lipinski definition) is 6. The summed E-state index contributed by atoms with van der Waals surface area (Å²) in [7, 11) is 0. The van der Waals surface area contributed by atoms with Crippen molar-refractivity contribution in [2.75, 3.05) is 10.6 Å². The number of nitrogens with two attached hydrogens (primary N) is 1. The average molecular weight is 449 g/mol. The number of rotatable bonds is 6. The Morgan fingerprint density at radius 3 is 2.70 bits per heavy atom. The van der Waals surface area contributed by atoms with Gasteiger partial charge in [-0.3, -0.25) is 10.1 Å². The van der Waals surface area contributed by atoms with Crippen molar-refractivity contribution < 1.29 is 18.4 Å². The molecule has 0 bridgehead atoms. The van der Waals surface area contributed by atoms with Gasteiger partial charge in [-0.05, 0) is 37.6 Å². The molecule has 4 aromatic rings. The van der Waals surface area contributed by atoms with Crippen molar-refractivity contribution in [3.05, 3.63) is 77.5 Å². The quantitative estimate of drug-likeness (QED) is 0.412. The Hall–Kier alpha value is -4.54. The number of benzene rings is 1. The number of nitrogens with one attached hydrogen (secondary N) is 2. The van der Waals surface area contributed by atoms with Crippen molar-refractivity contribution in [2.45, 2.75) is 20.4 Å². The van der Waals surface area contributed by atoms with E-state index in [0.29, 0.717) is 22.7 Å². The maximum atomic E-state index is 14.2. The van der Waals surface area contributed by atoms with Crippen molar-refractivity contribution in [2.24, 2.45) is 5.73 Å². The molecule has 0 saturated heterocycles. The lowest BCUT2D eigenvalue weighted by Gasteiger charge is -2.10. The number of oxazole rings is 1. The predicted molar refractivity (Wildman–Crippen MR) is 118 cm³/mol. The van der Waals surface area contributed by atoms with E-state index in [1.165, 1.54) is 12.3 Å². The fourth-order valence-electron chi connectivity index (χ4n) is 3.22. The van der Waals surface area contributed by atoms with Crippen molar-refractivity contribution in [3.63, 3.8) is 0 Å². The van der Waals surface area contributed by atoms with Gasteiger partial charge in [0.2, 0.25) is 0 Å². The molecule has 4 N–H and O–H groups in total. The number of hydrogen-bond donors (Lipinski definition) is 3. The van der Waals surface area contributed by atoms with E-state index in [2.05, 4.69) is 25.6 Å². The minimum absolute atomic E-state index is 0.0454. The summed E-state index contributed by atoms with van der Waals surface area (Å²) < 4.78 is 21.4. The molecule has 0 atom stereocenters. The van der Waals surface area contributed by atoms with Crippen LogP contribution in [0, 0.1) is 19.7 Å². The van der Waals surface area contributed by atoms with Gasteiger partial charge in [-0.1, -0.05) is 6.07 Å². The fourth-order valence-corrected chi connectivity index (χ4v) is 3.22. The highest BCUT2D eigenvalue weighted by Gasteiger charge is 2.15. The second-order valence-corrected chi connectivity index (χ2v) is 7.35. The number of aryl methyl sites for hydroxylation is 2. The van der Waals surface area contributed by atoms with Crippen LogP contribution in [-0.4, -0.2) is 31.5 Å². The normalized spacial score (nSPS) is 10.8. The highest BCUT2D eigenvalue weighted by Crippen LogP contribution is 2.28. The first-order valence-electron chi connectivity index (χ1n) is 9.86. The molecule has 0 aliphatic heterocycles. The van der Waals surface area contributed by atoms with Gasteiger partial charge in [0.1, 0.15) is 11.5 Å². The van der Waals surface area contributed by atoms with E-state index in [1.807, 2.05) is 13.8 Å². The molecule has 4 rings (SSSR count). The van der Waals surface area contributed by atoms with Gasteiger partial charge in [0.25, 0.3) is 5.91 Å². The first-order chi connectivity index (χ1) is 15.8. The molecule has 0 radical (unpaired) electrons. The summed E-state index contributed by atoms with van der Waals surface area (Å²) >= 11 is 0. The Morgan fingerprint density at radius 2 is 1.97 bits per heavy atom. The number of carbonyl (C=O) groups excluding carboxylic acids is 2. The van der Waals surface area contributed by atoms with Gasteiger partial charge in [0, 0.05) is 23.5 Å². The van der Waals surface area contributed by atoms with Crippen molar-refractivity contribution in [3.8, 4) is 11.3 Å². The lowest BCUT2D eigenvalue weighted by atomic mass is 10.1. The molecule has 3 aromatic heterocycles. The van der Waals surface area contributed by atoms with Crippen LogP contribution in [0.15, 0.2) is 53.5 Å². The number of urea groups is 1. The Morgan fingerprint density at radius 1 is 1.15 bits per heavy atom. The molecule has 3 heterocycles. The maximum absolute atomic E-state index is 14.2. The molecule has 0 saturated carbocycles. The molecule has 11 heteroatoms. The molecule has 0 fully saturated rings. The smallest absolute Gasteiger partial charge is 0.320 e. The monoisotopic (exact) mass is 449 g/mol. The number of nitrogens with zero attached hydrogens (tertiary/aromatic N) is 4. The molecule has 0 aliphatic carbocycles. The second kappa shape index (κ2) is 8.91. The lowest BCUT2D eigenvalue weighted by molar-refractivity contribution is 0.102. The Kier molecular flexibility index (Phi) is 5.85. The molecule has 3 amide bonds. The van der Waals surface area contributed by atoms with E-state index < -0.39 is 17.8 Å². The lowest BCUT2D eigenvalue weighted by Crippen LogP contribution is -2.19. The molecule has 33 heavy (non-hydrogen) atoms. The maximum Gasteiger partial charge on any atom is 0.320 e. The van der Waals surface area contributed by atoms with E-state index in [9.17, 15) is 14.0 Å². The topological polar surface area (TPSA) is 141 Å². The van der Waals surface area contributed by atoms with Crippen molar-refractivity contribution in [1.82, 2.24) is 19.5 Å². The summed E-state index contributed by atoms with van der Waals surface area (Å²) in [5.41, 5.74) is 8.15. The summed E-state index contributed by atoms with van der Waals surface area (Å²) in [5, 5.41) is 4.97. The number of amides is 3. The van der Waals surface area contributed by atoms with E-state index in [4.69, 9.17) is 10.2 Å². The fraction of sp³-hybridized carbons (Fsp3) is 0.136. The van der Waals surface area contributed by atoms with Gasteiger partial charge >= 0.3 is 12.0 Å². The van der Waals surface area contributed by atoms with Gasteiger partial charge < -0.3 is 20.0 Å². The Bertz CT molecular complexity index is 1350. The number of pyridine rings is 1. The van der Waals surface area contributed by atoms with E-state index in [-0.39, 0.29) is 18.3 Å². The molecule has 10 nitrogen and oxygen atoms in total. The number of carbonyl (C=O) groups is 2. The van der Waals surface area contributed by atoms with Crippen LogP contribution in [-0.2, 0) is 6.54 Å². The molecule has 0 aliphatic rings. The zero-order valence-corrected chi connectivity index (χ0v) is 17.8. The van der Waals surface area contributed by atoms with Crippen LogP contribution in [0.3, 0.4) is 0 Å². The highest BCUT2D eigenvalue weighted by molar-refractivity contribution is 6.03. The van der Waals surface area contributed by atoms with Crippen LogP contribution in [0.1, 0.15) is 27.4 Å². The van der Waals surface area contributed by atoms with Gasteiger partial charge in [-0.15, -0.1) is 0 Å². The predicted octanol–water partition coefficient (Wildman–Crippen LogP) is 3.48. The minimum Gasteiger partial charge on any atom is -0.423 e. The molecule has 0 spiro atoms. The SMILES string of the molecule is Cc1cn(Cc2cc(F)cc(C(=O)Nc3ccc(C)c(-c4cnc(NC(N)=O)o4)c3)n2)cn1. The largest absolute Gasteiger partial charge is 0.423 e. The molecule has 0 unspecified atom stereocenters. The van der Waals surface area contributed by atoms with Crippen LogP contribution in [0.5, 0.6) is 0 Å². The number of halogens is 1. The zero-order valence-electron chi connectivity index (χ0n) is 17.8. The summed E-state index contributed by atoms with van der Waals surface area (Å²) in [6, 6.07) is 6.66. The highest BCUT2D eigenvalue weighted by atomic mass is 19.1. The van der Waals surface area contributed by atoms with Gasteiger partial charge in [0.05, 0.1) is 30.5 Å². The van der Waals surface area contributed by atoms with E-state index in [1.54, 1.807) is 35.3 Å². The van der Waals surface area contributed by atoms with Crippen LogP contribution in [0.4, 0.5) is 20.9 Å². The van der Waals surface area contributed by atoms with Crippen molar-refractivity contribution in [1.29, 1.82) is 0 Å². The number of anilines is 2. The van der Waals surface area contributed by atoms with Crippen LogP contribution >= 0.6 is 0 Å². The summed E-state index contributed by atoms with van der Waals surface area (Å²) in [5.74, 6) is -0.766. The third kappa shape index (κ3) is 5.21. The van der Waals surface area contributed by atoms with Crippen LogP contribution in [0.2, 0.25) is 0 Å². The molecular formula is C22H20FN7O3. The van der Waals surface area contributed by atoms with E-state index >= 15 is 0 Å². The Balaban J connectivity index is 1.54. The Labute approximate surface area is 187 Å². The van der Waals surface area contributed by atoms with Gasteiger partial charge in [0.15, 0.2) is 5.76 Å². The average Bonchev–Trinajstić information content (AvgIpc) is 3.37. The summed E-state index contributed by atoms with van der Waals surface area (Å²) in [6.07, 6.45) is 4.84. The molecule has 168 valence electrons. The molecular weight excluding hydrogens is 429 g/mol. The second-order valence-electron chi connectivity index (χ2n) is 7.35. The molecule has 1 aromatic carbocycles. The number of primary amides is 1. The van der Waals surface area contributed by atoms with Gasteiger partial charge in [-0.25, -0.2) is 24.1 Å². The van der Waals surface area contributed by atoms with Crippen molar-refractivity contribution >= 4 is 23.6 Å². The first kappa shape index (κ1) is 21.7. The summed E-state index contributed by atoms with van der Waals surface area (Å²) in [6.45, 7) is 3.97. The standard InChI is InChI=1S/C22H20FN7O3/c1-12-3-4-15(7-17(12)19-8-25-22(33-19)29-21(24)32)28-20(31)18-6-14(23)5-16(27-18)10-30-9-13(2)26-11-30/h3-9,11H,10H2,1-2H3,(H,28,31)(H3,24,25,29,32). The minimum atomic E-state index is -0.800. The van der Waals surface area contributed by atoms with Gasteiger partial charge in [-0.2, -0.15) is 0 Å². The number of aromatic nitrogens is 4. The number of imidazole rings is 1. The third-order valence-electron chi connectivity index (χ3n) is 4.68. The summed E-state index contributed by atoms with van der Waals surface area (Å²) in [4.78, 5) is 36.1. The van der Waals surface area contributed by atoms with Crippen LogP contribution in [0.25, 0.3) is 11.3 Å². The zero-order chi connectivity index (χ0) is 23.5.